The predicted molar refractivity (Wildman–Crippen MR) is 340 cm³/mol. The van der Waals surface area contributed by atoms with Gasteiger partial charge in [0.15, 0.2) is 29.2 Å². The lowest BCUT2D eigenvalue weighted by Gasteiger charge is -2.43. The highest BCUT2D eigenvalue weighted by Gasteiger charge is 2.51. The van der Waals surface area contributed by atoms with Crippen LogP contribution >= 0.6 is 22.4 Å². The number of amides is 2. The Morgan fingerprint density at radius 3 is 2.35 bits per heavy atom. The van der Waals surface area contributed by atoms with Crippen LogP contribution in [-0.2, 0) is 74.0 Å². The number of fused-ring (bicyclic) bond motifs is 4. The smallest absolute Gasteiger partial charge is 0.460 e. The Hall–Kier alpha value is -6.13. The van der Waals surface area contributed by atoms with Crippen LogP contribution in [0.15, 0.2) is 94.6 Å². The molecule has 2 aromatic heterocycles. The molecule has 2 amide bonds. The first kappa shape index (κ1) is 71.7. The molecule has 502 valence electrons. The molecule has 4 aliphatic rings. The number of carbonyl (C=O) groups excluding carboxylic acids is 2. The van der Waals surface area contributed by atoms with Gasteiger partial charge in [-0.3, -0.25) is 32.8 Å². The Labute approximate surface area is 534 Å². The minimum atomic E-state index is -5.74. The fourth-order valence-corrected chi connectivity index (χ4v) is 16.2. The van der Waals surface area contributed by atoms with E-state index in [9.17, 15) is 74.1 Å². The number of anilines is 2. The van der Waals surface area contributed by atoms with Crippen LogP contribution in [0.4, 0.5) is 22.1 Å². The van der Waals surface area contributed by atoms with Crippen LogP contribution in [-0.4, -0.2) is 155 Å². The molecule has 3 unspecified atom stereocenters. The number of alkyl carbamates (subject to hydrolysis) is 1. The quantitative estimate of drug-likeness (QED) is 0.0120. The number of carbonyl (C=O) groups is 2. The number of aromatic nitrogens is 4. The molecule has 37 heteroatoms. The van der Waals surface area contributed by atoms with Crippen molar-refractivity contribution in [3.63, 3.8) is 0 Å². The van der Waals surface area contributed by atoms with Crippen molar-refractivity contribution in [1.82, 2.24) is 30.2 Å². The zero-order valence-corrected chi connectivity index (χ0v) is 56.2. The van der Waals surface area contributed by atoms with E-state index < -0.39 is 107 Å². The molecule has 12 N–H and O–H groups in total. The van der Waals surface area contributed by atoms with E-state index in [-0.39, 0.29) is 73.4 Å². The summed E-state index contributed by atoms with van der Waals surface area (Å²) in [5.41, 5.74) is 9.35. The monoisotopic (exact) mass is 1400 g/mol. The number of likely N-dealkylation sites (N-methyl/N-ethyl adjacent to an activating group) is 1. The molecule has 0 saturated carbocycles. The number of phosphoric acid groups is 2. The van der Waals surface area contributed by atoms with Gasteiger partial charge in [0.2, 0.25) is 17.5 Å². The number of nitrogen functional groups attached to an aromatic ring is 1. The predicted octanol–water partition coefficient (Wildman–Crippen LogP) is 5.92. The topological polar surface area (TPSA) is 453 Å². The molecule has 4 aliphatic heterocycles. The van der Waals surface area contributed by atoms with Crippen molar-refractivity contribution in [2.75, 3.05) is 49.2 Å². The van der Waals surface area contributed by atoms with Gasteiger partial charge in [0, 0.05) is 78.5 Å². The molecule has 0 spiro atoms. The summed E-state index contributed by atoms with van der Waals surface area (Å²) < 4.78 is 127. The van der Waals surface area contributed by atoms with Gasteiger partial charge in [-0.1, -0.05) is 51.2 Å². The second kappa shape index (κ2) is 27.3. The van der Waals surface area contributed by atoms with E-state index in [0.29, 0.717) is 22.7 Å². The van der Waals surface area contributed by atoms with Gasteiger partial charge in [0.1, 0.15) is 30.3 Å². The highest BCUT2D eigenvalue weighted by atomic mass is 32.5. The number of hydrogen-bond donors (Lipinski definition) is 11. The van der Waals surface area contributed by atoms with E-state index in [1.54, 1.807) is 22.8 Å². The average Bonchev–Trinajstić information content (AvgIpc) is 1.37. The molecule has 31 nitrogen and oxygen atoms in total. The minimum absolute atomic E-state index is 0.0430. The third-order valence-electron chi connectivity index (χ3n) is 15.4. The van der Waals surface area contributed by atoms with Gasteiger partial charge in [0.05, 0.1) is 34.5 Å². The van der Waals surface area contributed by atoms with Crippen molar-refractivity contribution in [3.8, 4) is 5.75 Å². The zero-order valence-electron chi connectivity index (χ0n) is 51.0. The summed E-state index contributed by atoms with van der Waals surface area (Å²) >= 11 is 4.09. The number of imidazole rings is 1. The maximum Gasteiger partial charge on any atom is 0.488 e. The second-order valence-corrected chi connectivity index (χ2v) is 32.5. The summed E-state index contributed by atoms with van der Waals surface area (Å²) in [5, 5.41) is 16.4. The Bertz CT molecular complexity index is 4230. The van der Waals surface area contributed by atoms with Gasteiger partial charge >= 0.3 is 28.5 Å². The molecule has 0 bridgehead atoms. The minimum Gasteiger partial charge on any atom is -0.460 e. The molecular formula is C55H73N9O22P3S3+. The standard InChI is InChI=1S/C55H72N9O22P3S3/c1-9-64-39-28-40-36(27-35(39)32(2)29-54(64,6)7)33(25-43(82-40)53(3,4)5)15-11-10-12-16-42-55(8,37-26-34(92(78,79)80)18-19-38(37)62(42)23-14-24-91(75,76)77)20-13-17-44(65)57-21-22-58-52(68)84-47-46(66)41(30-81-87(69,70)85-88(71,72)86-89(73,74)90)83-50(47)63-31-59-45-48(63)60-51(56)61-49(45)67/h10-12,15-16,18-19,25-29,31,41,46-47,50,66H,9,13-14,17,20-24,30H2,1-8H3,(H10-,56,57,58,60,61,65,67,68,69,70,71,72,73,74,75,76,77,78,79,80,90)/p+1/t41-,46-,47-,50-,55?/m1/s1. The number of nitrogens with two attached hydrogens (primary N) is 1. The van der Waals surface area contributed by atoms with Crippen molar-refractivity contribution in [1.29, 1.82) is 0 Å². The van der Waals surface area contributed by atoms with Crippen molar-refractivity contribution >= 4 is 112 Å². The molecule has 8 rings (SSSR count). The first-order chi connectivity index (χ1) is 42.6. The Kier molecular flexibility index (Phi) is 21.3. The van der Waals surface area contributed by atoms with Crippen LogP contribution in [0.2, 0.25) is 0 Å². The summed E-state index contributed by atoms with van der Waals surface area (Å²) in [6, 6.07) is 8.28. The maximum absolute atomic E-state index is 13.5. The van der Waals surface area contributed by atoms with E-state index in [4.69, 9.17) is 24.5 Å². The van der Waals surface area contributed by atoms with Crippen LogP contribution in [0, 0.1) is 5.41 Å². The van der Waals surface area contributed by atoms with Gasteiger partial charge in [-0.2, -0.15) is 30.7 Å². The summed E-state index contributed by atoms with van der Waals surface area (Å²) in [5.74, 6) is 0.0153. The lowest BCUT2D eigenvalue weighted by Crippen LogP contribution is -2.45. The first-order valence-electron chi connectivity index (χ1n) is 28.5. The van der Waals surface area contributed by atoms with Crippen molar-refractivity contribution in [2.24, 2.45) is 5.41 Å². The number of hydrogen-bond acceptors (Lipinski definition) is 21. The van der Waals surface area contributed by atoms with Crippen molar-refractivity contribution < 1.29 is 101 Å². The number of nitrogens with one attached hydrogen (secondary N) is 3. The number of aliphatic hydroxyl groups is 1. The maximum atomic E-state index is 13.5. The highest BCUT2D eigenvalue weighted by Crippen LogP contribution is 2.66. The highest BCUT2D eigenvalue weighted by molar-refractivity contribution is 8.08. The molecule has 7 atom stereocenters. The molecule has 92 heavy (non-hydrogen) atoms. The van der Waals surface area contributed by atoms with Crippen LogP contribution in [0.1, 0.15) is 104 Å². The van der Waals surface area contributed by atoms with Crippen molar-refractivity contribution in [2.45, 2.75) is 121 Å². The Morgan fingerprint density at radius 1 is 0.978 bits per heavy atom. The van der Waals surface area contributed by atoms with E-state index in [1.807, 2.05) is 25.2 Å². The van der Waals surface area contributed by atoms with Crippen LogP contribution < -0.4 is 31.6 Å². The number of rotatable bonds is 25. The van der Waals surface area contributed by atoms with E-state index in [2.05, 4.69) is 118 Å². The number of benzene rings is 2. The number of phosphoric ester groups is 1. The normalized spacial score (nSPS) is 22.6. The number of aliphatic hydroxyl groups excluding tert-OH is 1. The van der Waals surface area contributed by atoms with E-state index >= 15 is 0 Å². The van der Waals surface area contributed by atoms with Gasteiger partial charge in [-0.05, 0) is 94.7 Å². The van der Waals surface area contributed by atoms with E-state index in [1.165, 1.54) is 18.2 Å². The number of H-pyrrole nitrogens is 1. The molecule has 6 heterocycles. The molecule has 0 radical (unpaired) electrons. The molecular weight excluding hydrogens is 1330 g/mol. The molecule has 2 aromatic carbocycles. The second-order valence-electron chi connectivity index (χ2n) is 23.7. The molecule has 1 saturated heterocycles. The molecule has 0 aliphatic carbocycles. The third kappa shape index (κ3) is 17.0. The van der Waals surface area contributed by atoms with Crippen LogP contribution in [0.5, 0.6) is 5.75 Å². The number of ether oxygens (including phenoxy) is 3. The average molecular weight is 1400 g/mol. The number of allylic oxidation sites excluding steroid dienone is 9. The fourth-order valence-electron chi connectivity index (χ4n) is 11.4. The number of aromatic amines is 1. The van der Waals surface area contributed by atoms with Gasteiger partial charge in [0.25, 0.3) is 25.8 Å². The van der Waals surface area contributed by atoms with Gasteiger partial charge in [-0.15, -0.1) is 0 Å². The number of nitrogens with zero attached hydrogens (tertiary/aromatic N) is 5. The van der Waals surface area contributed by atoms with Crippen molar-refractivity contribution in [3.05, 3.63) is 112 Å². The summed E-state index contributed by atoms with van der Waals surface area (Å²) in [6.07, 6.45) is 6.33. The third-order valence-corrected chi connectivity index (χ3v) is 21.4. The van der Waals surface area contributed by atoms with Crippen LogP contribution in [0.25, 0.3) is 22.3 Å². The van der Waals surface area contributed by atoms with E-state index in [0.717, 1.165) is 51.2 Å². The van der Waals surface area contributed by atoms with Gasteiger partial charge < -0.3 is 60.2 Å². The molecule has 1 fully saturated rings. The largest absolute Gasteiger partial charge is 0.488 e. The lowest BCUT2D eigenvalue weighted by molar-refractivity contribution is -0.437. The lowest BCUT2D eigenvalue weighted by atomic mass is 9.75. The fraction of sp³-hybridized carbons (Fsp3) is 0.455. The summed E-state index contributed by atoms with van der Waals surface area (Å²) in [4.78, 5) is 89.9. The summed E-state index contributed by atoms with van der Waals surface area (Å²) in [6.45, 7) is 10.9. The van der Waals surface area contributed by atoms with Crippen LogP contribution in [0.3, 0.4) is 0 Å². The Morgan fingerprint density at radius 2 is 1.68 bits per heavy atom. The first-order valence-corrected chi connectivity index (χ1v) is 37.2. The SMILES string of the molecule is CCN1c2cc3c(cc2C(C)=CC1(C)C)C(=CC=CC=CC1=[N+](CCCS(=O)(=O)O)c2ccc(S(=O)(=O)O)cc2C1(C)CCCC(=O)NCCNC(=O)O[C@@H]1[C@H](O)[C@@H](COP(=O)(O)OP(=O)(O)OP(O)(O)=S)O[C@H]1n1cnc2c(=O)[nH]c(N)nc21)C=C(C(C)(C)C)O3. The van der Waals surface area contributed by atoms with Gasteiger partial charge in [-0.25, -0.2) is 23.2 Å². The zero-order chi connectivity index (χ0) is 67.9. The molecule has 4 aromatic rings. The Balaban J connectivity index is 0.972. The summed E-state index contributed by atoms with van der Waals surface area (Å²) in [7, 11) is -20.5.